The lowest BCUT2D eigenvalue weighted by molar-refractivity contribution is -0.127. The third kappa shape index (κ3) is 5.01. The van der Waals surface area contributed by atoms with Gasteiger partial charge in [-0.15, -0.1) is 0 Å². The highest BCUT2D eigenvalue weighted by molar-refractivity contribution is 5.83. The predicted molar refractivity (Wildman–Crippen MR) is 69.9 cm³/mol. The van der Waals surface area contributed by atoms with E-state index in [4.69, 9.17) is 0 Å². The molecule has 2 atom stereocenters. The molecule has 1 rings (SSSR count). The molecule has 0 saturated heterocycles. The van der Waals surface area contributed by atoms with Gasteiger partial charge in [0.15, 0.2) is 0 Å². The summed E-state index contributed by atoms with van der Waals surface area (Å²) >= 11 is 0. The van der Waals surface area contributed by atoms with Crippen molar-refractivity contribution in [3.8, 4) is 0 Å². The summed E-state index contributed by atoms with van der Waals surface area (Å²) in [4.78, 5) is 22.9. The maximum absolute atomic E-state index is 12.1. The molecular weight excluding hydrogens is 212 g/mol. The molecule has 98 valence electrons. The van der Waals surface area contributed by atoms with Gasteiger partial charge < -0.3 is 4.79 Å². The Morgan fingerprint density at radius 1 is 1.24 bits per heavy atom. The van der Waals surface area contributed by atoms with E-state index in [2.05, 4.69) is 6.92 Å². The van der Waals surface area contributed by atoms with E-state index in [1.54, 1.807) is 0 Å². The third-order valence-electron chi connectivity index (χ3n) is 4.01. The van der Waals surface area contributed by atoms with Gasteiger partial charge in [0.05, 0.1) is 0 Å². The highest BCUT2D eigenvalue weighted by Crippen LogP contribution is 2.30. The van der Waals surface area contributed by atoms with Gasteiger partial charge in [-0.05, 0) is 25.2 Å². The molecule has 0 aromatic carbocycles. The average molecular weight is 238 g/mol. The Hall–Kier alpha value is -0.660. The Labute approximate surface area is 105 Å². The normalized spacial score (nSPS) is 27.0. The van der Waals surface area contributed by atoms with Gasteiger partial charge in [0, 0.05) is 18.8 Å². The van der Waals surface area contributed by atoms with E-state index in [9.17, 15) is 9.59 Å². The molecule has 0 amide bonds. The maximum atomic E-state index is 12.1. The van der Waals surface area contributed by atoms with Crippen LogP contribution in [0.5, 0.6) is 0 Å². The maximum Gasteiger partial charge on any atom is 0.136 e. The lowest BCUT2D eigenvalue weighted by Crippen LogP contribution is -2.24. The topological polar surface area (TPSA) is 34.1 Å². The van der Waals surface area contributed by atoms with Crippen molar-refractivity contribution in [2.24, 2.45) is 11.8 Å². The molecule has 1 fully saturated rings. The lowest BCUT2D eigenvalue weighted by atomic mass is 9.79. The number of hydrogen-bond donors (Lipinski definition) is 0. The first-order valence-electron chi connectivity index (χ1n) is 7.26. The first-order chi connectivity index (χ1) is 8.29. The van der Waals surface area contributed by atoms with Gasteiger partial charge in [-0.3, -0.25) is 4.79 Å². The molecule has 0 aliphatic heterocycles. The van der Waals surface area contributed by atoms with Crippen LogP contribution in [0.2, 0.25) is 0 Å². The number of ketones is 1. The van der Waals surface area contributed by atoms with Crippen molar-refractivity contribution in [3.05, 3.63) is 0 Å². The predicted octanol–water partition coefficient (Wildman–Crippen LogP) is 3.92. The van der Waals surface area contributed by atoms with Gasteiger partial charge in [0.2, 0.25) is 0 Å². The van der Waals surface area contributed by atoms with Crippen molar-refractivity contribution in [3.63, 3.8) is 0 Å². The standard InChI is InChI=1S/C15H26O2/c1-2-3-8-13-9-6-4-5-7-10-15(17)14(13)11-12-16/h12-14H,2-11H2,1H3/t13-,14+/m0/s1. The smallest absolute Gasteiger partial charge is 0.136 e. The van der Waals surface area contributed by atoms with Crippen molar-refractivity contribution in [1.29, 1.82) is 0 Å². The van der Waals surface area contributed by atoms with E-state index in [1.165, 1.54) is 32.1 Å². The van der Waals surface area contributed by atoms with Crippen LogP contribution < -0.4 is 0 Å². The monoisotopic (exact) mass is 238 g/mol. The second-order valence-electron chi connectivity index (χ2n) is 5.33. The number of carbonyl (C=O) groups excluding carboxylic acids is 2. The Bertz CT molecular complexity index is 235. The summed E-state index contributed by atoms with van der Waals surface area (Å²) < 4.78 is 0. The van der Waals surface area contributed by atoms with Crippen LogP contribution in [0.25, 0.3) is 0 Å². The van der Waals surface area contributed by atoms with Crippen molar-refractivity contribution in [1.82, 2.24) is 0 Å². The van der Waals surface area contributed by atoms with E-state index in [0.717, 1.165) is 25.5 Å². The molecule has 1 saturated carbocycles. The summed E-state index contributed by atoms with van der Waals surface area (Å²) in [7, 11) is 0. The number of unbranched alkanes of at least 4 members (excludes halogenated alkanes) is 1. The molecule has 2 heteroatoms. The molecule has 0 bridgehead atoms. The molecule has 0 spiro atoms. The summed E-state index contributed by atoms with van der Waals surface area (Å²) in [6, 6.07) is 0. The highest BCUT2D eigenvalue weighted by atomic mass is 16.1. The van der Waals surface area contributed by atoms with E-state index >= 15 is 0 Å². The highest BCUT2D eigenvalue weighted by Gasteiger charge is 2.27. The molecule has 0 heterocycles. The van der Waals surface area contributed by atoms with Gasteiger partial charge in [0.25, 0.3) is 0 Å². The number of rotatable bonds is 5. The van der Waals surface area contributed by atoms with Crippen LogP contribution in [0.1, 0.15) is 71.1 Å². The van der Waals surface area contributed by atoms with E-state index < -0.39 is 0 Å². The third-order valence-corrected chi connectivity index (χ3v) is 4.01. The van der Waals surface area contributed by atoms with Crippen molar-refractivity contribution < 1.29 is 9.59 Å². The Balaban J connectivity index is 2.66. The van der Waals surface area contributed by atoms with Gasteiger partial charge in [-0.1, -0.05) is 39.0 Å². The molecule has 0 aromatic rings. The molecule has 0 radical (unpaired) electrons. The van der Waals surface area contributed by atoms with Crippen LogP contribution in [-0.2, 0) is 9.59 Å². The molecular formula is C15H26O2. The second kappa shape index (κ2) is 8.43. The number of carbonyl (C=O) groups is 2. The summed E-state index contributed by atoms with van der Waals surface area (Å²) in [5.41, 5.74) is 0. The Morgan fingerprint density at radius 3 is 2.71 bits per heavy atom. The fourth-order valence-corrected chi connectivity index (χ4v) is 2.95. The van der Waals surface area contributed by atoms with E-state index in [-0.39, 0.29) is 5.92 Å². The van der Waals surface area contributed by atoms with Crippen LogP contribution >= 0.6 is 0 Å². The number of hydrogen-bond acceptors (Lipinski definition) is 2. The summed E-state index contributed by atoms with van der Waals surface area (Å²) in [6.45, 7) is 2.19. The van der Waals surface area contributed by atoms with Crippen molar-refractivity contribution in [2.45, 2.75) is 71.1 Å². The fourth-order valence-electron chi connectivity index (χ4n) is 2.95. The molecule has 0 N–H and O–H groups in total. The van der Waals surface area contributed by atoms with Crippen LogP contribution in [-0.4, -0.2) is 12.1 Å². The molecule has 1 aliphatic rings. The van der Waals surface area contributed by atoms with E-state index in [1.807, 2.05) is 0 Å². The first-order valence-corrected chi connectivity index (χ1v) is 7.26. The zero-order valence-electron chi connectivity index (χ0n) is 11.1. The van der Waals surface area contributed by atoms with Gasteiger partial charge in [-0.2, -0.15) is 0 Å². The average Bonchev–Trinajstić information content (AvgIpc) is 2.41. The summed E-state index contributed by atoms with van der Waals surface area (Å²) in [5, 5.41) is 0. The Kier molecular flexibility index (Phi) is 7.14. The van der Waals surface area contributed by atoms with Gasteiger partial charge in [0.1, 0.15) is 12.1 Å². The summed E-state index contributed by atoms with van der Waals surface area (Å²) in [5.74, 6) is 0.836. The van der Waals surface area contributed by atoms with E-state index in [0.29, 0.717) is 24.5 Å². The molecule has 2 nitrogen and oxygen atoms in total. The minimum Gasteiger partial charge on any atom is -0.303 e. The Morgan fingerprint density at radius 2 is 2.00 bits per heavy atom. The molecule has 0 aromatic heterocycles. The largest absolute Gasteiger partial charge is 0.303 e. The van der Waals surface area contributed by atoms with Gasteiger partial charge >= 0.3 is 0 Å². The van der Waals surface area contributed by atoms with Crippen LogP contribution in [0, 0.1) is 11.8 Å². The lowest BCUT2D eigenvalue weighted by Gasteiger charge is -2.24. The first kappa shape index (κ1) is 14.4. The number of aldehydes is 1. The molecule has 17 heavy (non-hydrogen) atoms. The molecule has 0 unspecified atom stereocenters. The van der Waals surface area contributed by atoms with Crippen LogP contribution in [0.15, 0.2) is 0 Å². The zero-order chi connectivity index (χ0) is 12.5. The SMILES string of the molecule is CCCC[C@H]1CCCCCCC(=O)[C@@H]1CC=O. The second-order valence-corrected chi connectivity index (χ2v) is 5.33. The quantitative estimate of drug-likeness (QED) is 0.680. The number of Topliss-reactive ketones (excluding diaryl/α,β-unsaturated/α-hetero) is 1. The fraction of sp³-hybridized carbons (Fsp3) is 0.867. The molecule has 1 aliphatic carbocycles. The van der Waals surface area contributed by atoms with Gasteiger partial charge in [-0.25, -0.2) is 0 Å². The van der Waals surface area contributed by atoms with Crippen LogP contribution in [0.4, 0.5) is 0 Å². The van der Waals surface area contributed by atoms with Crippen LogP contribution in [0.3, 0.4) is 0 Å². The van der Waals surface area contributed by atoms with Crippen molar-refractivity contribution in [2.75, 3.05) is 0 Å². The van der Waals surface area contributed by atoms with Crippen molar-refractivity contribution >= 4 is 12.1 Å². The zero-order valence-corrected chi connectivity index (χ0v) is 11.1. The summed E-state index contributed by atoms with van der Waals surface area (Å²) in [6.07, 6.45) is 11.4. The minimum atomic E-state index is 0.0251. The minimum absolute atomic E-state index is 0.0251.